The second kappa shape index (κ2) is 11.6. The lowest BCUT2D eigenvalue weighted by Gasteiger charge is -2.34. The first kappa shape index (κ1) is 27.2. The molecule has 4 N–H and O–H groups in total. The van der Waals surface area contributed by atoms with Gasteiger partial charge in [-0.3, -0.25) is 4.79 Å². The number of aliphatic hydroxyl groups is 1. The van der Waals surface area contributed by atoms with E-state index in [1.54, 1.807) is 6.92 Å². The Hall–Kier alpha value is -2.38. The van der Waals surface area contributed by atoms with Gasteiger partial charge in [-0.25, -0.2) is 4.79 Å². The summed E-state index contributed by atoms with van der Waals surface area (Å²) in [5.74, 6) is 0.263. The summed E-state index contributed by atoms with van der Waals surface area (Å²) in [4.78, 5) is 28.4. The molecule has 35 heavy (non-hydrogen) atoms. The van der Waals surface area contributed by atoms with Crippen LogP contribution in [0.2, 0.25) is 0 Å². The average Bonchev–Trinajstić information content (AvgIpc) is 3.40. The zero-order valence-electron chi connectivity index (χ0n) is 22.0. The number of carbonyl (C=O) groups excluding carboxylic acids is 2. The number of likely N-dealkylation sites (tertiary alicyclic amines) is 1. The number of hydrogen-bond acceptors (Lipinski definition) is 4. The van der Waals surface area contributed by atoms with Crippen molar-refractivity contribution in [1.29, 1.82) is 0 Å². The molecule has 0 radical (unpaired) electrons. The molecule has 194 valence electrons. The number of amides is 3. The Morgan fingerprint density at radius 2 is 1.97 bits per heavy atom. The van der Waals surface area contributed by atoms with Gasteiger partial charge in [0.1, 0.15) is 6.04 Å². The molecular formula is C28H44N4O3. The Morgan fingerprint density at radius 1 is 1.26 bits per heavy atom. The molecule has 1 saturated carbocycles. The van der Waals surface area contributed by atoms with Gasteiger partial charge < -0.3 is 26.0 Å². The number of carbonyl (C=O) groups is 2. The highest BCUT2D eigenvalue weighted by atomic mass is 16.3. The highest BCUT2D eigenvalue weighted by Gasteiger charge is 2.39. The van der Waals surface area contributed by atoms with Crippen LogP contribution in [0.3, 0.4) is 0 Å². The Kier molecular flexibility index (Phi) is 9.00. The van der Waals surface area contributed by atoms with Crippen LogP contribution < -0.4 is 16.0 Å². The maximum Gasteiger partial charge on any atom is 0.318 e. The van der Waals surface area contributed by atoms with Crippen LogP contribution in [0.1, 0.15) is 58.1 Å². The number of rotatable bonds is 10. The molecule has 5 unspecified atom stereocenters. The van der Waals surface area contributed by atoms with Crippen LogP contribution in [-0.2, 0) is 11.2 Å². The normalized spacial score (nSPS) is 24.4. The van der Waals surface area contributed by atoms with Gasteiger partial charge in [0.2, 0.25) is 5.91 Å². The van der Waals surface area contributed by atoms with E-state index >= 15 is 0 Å². The summed E-state index contributed by atoms with van der Waals surface area (Å²) < 4.78 is 0. The molecule has 0 aromatic heterocycles. The largest absolute Gasteiger partial charge is 0.391 e. The first-order valence-corrected chi connectivity index (χ1v) is 13.0. The van der Waals surface area contributed by atoms with Gasteiger partial charge in [0, 0.05) is 31.6 Å². The predicted molar refractivity (Wildman–Crippen MR) is 140 cm³/mol. The van der Waals surface area contributed by atoms with Gasteiger partial charge in [-0.05, 0) is 55.6 Å². The van der Waals surface area contributed by atoms with Crippen LogP contribution in [0, 0.1) is 18.3 Å². The van der Waals surface area contributed by atoms with Gasteiger partial charge in [-0.1, -0.05) is 51.1 Å². The van der Waals surface area contributed by atoms with Crippen molar-refractivity contribution >= 4 is 11.9 Å². The van der Waals surface area contributed by atoms with E-state index in [1.165, 1.54) is 0 Å². The second-order valence-electron chi connectivity index (χ2n) is 11.4. The molecule has 2 fully saturated rings. The molecule has 1 aliphatic carbocycles. The van der Waals surface area contributed by atoms with Gasteiger partial charge in [0.15, 0.2) is 0 Å². The highest BCUT2D eigenvalue weighted by molar-refractivity contribution is 5.88. The summed E-state index contributed by atoms with van der Waals surface area (Å²) in [5, 5.41) is 20.2. The minimum Gasteiger partial charge on any atom is -0.391 e. The van der Waals surface area contributed by atoms with E-state index in [4.69, 9.17) is 0 Å². The standard InChI is InChI=1S/C28H44N4O3/c1-7-20-15-23(20)29-17-22-13-10-14-32(22)27(35)31-25(28(4,5)6)26(34)30-19(3)24(33)16-21-12-9-8-11-18(21)2/h7-9,11-12,19-20,22-25,29,33H,1,10,13-17H2,2-6H3,(H,30,34)(H,31,35)/t19?,20?,22-,23?,24?,25?/m0/s1. The van der Waals surface area contributed by atoms with Crippen LogP contribution >= 0.6 is 0 Å². The average molecular weight is 485 g/mol. The minimum absolute atomic E-state index is 0.125. The summed E-state index contributed by atoms with van der Waals surface area (Å²) in [6.45, 7) is 15.0. The molecule has 1 aromatic carbocycles. The number of aryl methyl sites for hydroxylation is 1. The number of urea groups is 1. The molecule has 1 aromatic rings. The van der Waals surface area contributed by atoms with Crippen LogP contribution in [0.5, 0.6) is 0 Å². The van der Waals surface area contributed by atoms with Crippen LogP contribution in [0.15, 0.2) is 36.9 Å². The molecule has 6 atom stereocenters. The van der Waals surface area contributed by atoms with Crippen molar-refractivity contribution in [2.45, 2.75) is 90.6 Å². The second-order valence-corrected chi connectivity index (χ2v) is 11.4. The third-order valence-electron chi connectivity index (χ3n) is 7.43. The topological polar surface area (TPSA) is 93.7 Å². The van der Waals surface area contributed by atoms with E-state index in [1.807, 2.05) is 62.9 Å². The third kappa shape index (κ3) is 7.31. The lowest BCUT2D eigenvalue weighted by atomic mass is 9.86. The Bertz CT molecular complexity index is 896. The molecule has 1 aliphatic heterocycles. The zero-order chi connectivity index (χ0) is 25.8. The van der Waals surface area contributed by atoms with E-state index in [2.05, 4.69) is 22.5 Å². The van der Waals surface area contributed by atoms with E-state index in [-0.39, 0.29) is 18.0 Å². The summed E-state index contributed by atoms with van der Waals surface area (Å²) in [7, 11) is 0. The van der Waals surface area contributed by atoms with Gasteiger partial charge in [-0.15, -0.1) is 6.58 Å². The Labute approximate surface area is 210 Å². The van der Waals surface area contributed by atoms with E-state index < -0.39 is 23.6 Å². The van der Waals surface area contributed by atoms with Crippen molar-refractivity contribution in [3.8, 4) is 0 Å². The van der Waals surface area contributed by atoms with E-state index in [9.17, 15) is 14.7 Å². The first-order chi connectivity index (χ1) is 16.5. The van der Waals surface area contributed by atoms with Crippen molar-refractivity contribution in [1.82, 2.24) is 20.9 Å². The molecule has 2 aliphatic rings. The van der Waals surface area contributed by atoms with E-state index in [0.717, 1.165) is 36.9 Å². The van der Waals surface area contributed by atoms with E-state index in [0.29, 0.717) is 24.9 Å². The molecule has 0 spiro atoms. The van der Waals surface area contributed by atoms with Crippen molar-refractivity contribution in [2.24, 2.45) is 11.3 Å². The number of hydrogen-bond donors (Lipinski definition) is 4. The van der Waals surface area contributed by atoms with Gasteiger partial charge in [0.05, 0.1) is 12.1 Å². The molecule has 0 bridgehead atoms. The predicted octanol–water partition coefficient (Wildman–Crippen LogP) is 3.16. The molecule has 1 saturated heterocycles. The van der Waals surface area contributed by atoms with Crippen molar-refractivity contribution in [2.75, 3.05) is 13.1 Å². The van der Waals surface area contributed by atoms with Crippen molar-refractivity contribution < 1.29 is 14.7 Å². The fourth-order valence-corrected chi connectivity index (χ4v) is 4.84. The van der Waals surface area contributed by atoms with Crippen LogP contribution in [0.4, 0.5) is 4.79 Å². The summed E-state index contributed by atoms with van der Waals surface area (Å²) >= 11 is 0. The lowest BCUT2D eigenvalue weighted by molar-refractivity contribution is -0.126. The maximum absolute atomic E-state index is 13.3. The minimum atomic E-state index is -0.729. The molecule has 3 rings (SSSR count). The SMILES string of the molecule is C=CC1CC1NC[C@@H]1CCCN1C(=O)NC(C(=O)NC(C)C(O)Cc1ccccc1C)C(C)(C)C. The first-order valence-electron chi connectivity index (χ1n) is 13.0. The van der Waals surface area contributed by atoms with Gasteiger partial charge in [0.25, 0.3) is 0 Å². The molecule has 1 heterocycles. The van der Waals surface area contributed by atoms with Crippen LogP contribution in [0.25, 0.3) is 0 Å². The lowest BCUT2D eigenvalue weighted by Crippen LogP contribution is -2.59. The Balaban J connectivity index is 1.57. The third-order valence-corrected chi connectivity index (χ3v) is 7.43. The fourth-order valence-electron chi connectivity index (χ4n) is 4.84. The molecular weight excluding hydrogens is 440 g/mol. The number of aliphatic hydroxyl groups excluding tert-OH is 1. The number of nitrogens with one attached hydrogen (secondary N) is 3. The summed E-state index contributed by atoms with van der Waals surface area (Å²) in [6.07, 6.45) is 4.75. The summed E-state index contributed by atoms with van der Waals surface area (Å²) in [6, 6.07) is 7.15. The monoisotopic (exact) mass is 484 g/mol. The quantitative estimate of drug-likeness (QED) is 0.384. The van der Waals surface area contributed by atoms with Crippen molar-refractivity contribution in [3.63, 3.8) is 0 Å². The van der Waals surface area contributed by atoms with Crippen molar-refractivity contribution in [3.05, 3.63) is 48.0 Å². The Morgan fingerprint density at radius 3 is 2.60 bits per heavy atom. The highest BCUT2D eigenvalue weighted by Crippen LogP contribution is 2.31. The smallest absolute Gasteiger partial charge is 0.318 e. The molecule has 7 heteroatoms. The number of nitrogens with zero attached hydrogens (tertiary/aromatic N) is 1. The van der Waals surface area contributed by atoms with Crippen LogP contribution in [-0.4, -0.2) is 65.3 Å². The van der Waals surface area contributed by atoms with Gasteiger partial charge >= 0.3 is 6.03 Å². The zero-order valence-corrected chi connectivity index (χ0v) is 22.0. The fraction of sp³-hybridized carbons (Fsp3) is 0.643. The molecule has 7 nitrogen and oxygen atoms in total. The van der Waals surface area contributed by atoms with Gasteiger partial charge in [-0.2, -0.15) is 0 Å². The molecule has 3 amide bonds. The summed E-state index contributed by atoms with van der Waals surface area (Å²) in [5.41, 5.74) is 1.68. The maximum atomic E-state index is 13.3. The number of benzene rings is 1.